The standard InChI is InChI=1S/C14H19N3/c1-11-10-14(17(2)9-5-8-15)12-6-3-4-7-13(12)16-11/h3-4,6-7,10H,5,8-9,15H2,1-2H3. The lowest BCUT2D eigenvalue weighted by molar-refractivity contribution is 0.797. The van der Waals surface area contributed by atoms with Crippen LogP contribution in [0.25, 0.3) is 10.9 Å². The maximum absolute atomic E-state index is 5.56. The number of fused-ring (bicyclic) bond motifs is 1. The van der Waals surface area contributed by atoms with Crippen molar-refractivity contribution in [3.8, 4) is 0 Å². The second-order valence-corrected chi connectivity index (χ2v) is 4.36. The molecule has 3 nitrogen and oxygen atoms in total. The molecule has 1 heterocycles. The number of aryl methyl sites for hydroxylation is 1. The number of hydrogen-bond donors (Lipinski definition) is 1. The Labute approximate surface area is 102 Å². The maximum Gasteiger partial charge on any atom is 0.0726 e. The molecule has 0 aliphatic rings. The number of anilines is 1. The molecule has 0 radical (unpaired) electrons. The van der Waals surface area contributed by atoms with Crippen LogP contribution in [0, 0.1) is 6.92 Å². The van der Waals surface area contributed by atoms with Gasteiger partial charge in [0.15, 0.2) is 0 Å². The van der Waals surface area contributed by atoms with E-state index in [0.29, 0.717) is 0 Å². The van der Waals surface area contributed by atoms with Gasteiger partial charge in [-0.3, -0.25) is 4.98 Å². The van der Waals surface area contributed by atoms with Crippen molar-refractivity contribution in [3.05, 3.63) is 36.0 Å². The van der Waals surface area contributed by atoms with E-state index in [1.165, 1.54) is 11.1 Å². The number of aromatic nitrogens is 1. The molecule has 2 N–H and O–H groups in total. The SMILES string of the molecule is Cc1cc(N(C)CCCN)c2ccccc2n1. The van der Waals surface area contributed by atoms with Crippen LogP contribution in [-0.2, 0) is 0 Å². The molecule has 2 rings (SSSR count). The molecule has 0 fully saturated rings. The Morgan fingerprint density at radius 1 is 1.29 bits per heavy atom. The Balaban J connectivity index is 2.44. The number of benzene rings is 1. The van der Waals surface area contributed by atoms with Crippen molar-refractivity contribution in [1.82, 2.24) is 4.98 Å². The minimum Gasteiger partial charge on any atom is -0.374 e. The molecule has 0 spiro atoms. The Morgan fingerprint density at radius 2 is 2.06 bits per heavy atom. The zero-order chi connectivity index (χ0) is 12.3. The van der Waals surface area contributed by atoms with E-state index in [1.54, 1.807) is 0 Å². The summed E-state index contributed by atoms with van der Waals surface area (Å²) in [7, 11) is 2.11. The van der Waals surface area contributed by atoms with Crippen molar-refractivity contribution in [1.29, 1.82) is 0 Å². The normalized spacial score (nSPS) is 10.8. The summed E-state index contributed by atoms with van der Waals surface area (Å²) in [5.41, 5.74) is 8.91. The summed E-state index contributed by atoms with van der Waals surface area (Å²) in [6.07, 6.45) is 1.01. The number of hydrogen-bond acceptors (Lipinski definition) is 3. The van der Waals surface area contributed by atoms with Crippen molar-refractivity contribution in [2.75, 3.05) is 25.0 Å². The van der Waals surface area contributed by atoms with E-state index in [4.69, 9.17) is 5.73 Å². The third kappa shape index (κ3) is 2.56. The summed E-state index contributed by atoms with van der Waals surface area (Å²) in [6.45, 7) is 3.74. The van der Waals surface area contributed by atoms with E-state index in [9.17, 15) is 0 Å². The van der Waals surface area contributed by atoms with Gasteiger partial charge < -0.3 is 10.6 Å². The lowest BCUT2D eigenvalue weighted by Crippen LogP contribution is -2.21. The van der Waals surface area contributed by atoms with Crippen LogP contribution in [0.3, 0.4) is 0 Å². The smallest absolute Gasteiger partial charge is 0.0726 e. The summed E-state index contributed by atoms with van der Waals surface area (Å²) >= 11 is 0. The van der Waals surface area contributed by atoms with Gasteiger partial charge in [0.25, 0.3) is 0 Å². The largest absolute Gasteiger partial charge is 0.374 e. The van der Waals surface area contributed by atoms with E-state index in [-0.39, 0.29) is 0 Å². The highest BCUT2D eigenvalue weighted by molar-refractivity contribution is 5.91. The molecule has 0 amide bonds. The van der Waals surface area contributed by atoms with Gasteiger partial charge in [0.1, 0.15) is 0 Å². The molecule has 90 valence electrons. The van der Waals surface area contributed by atoms with Crippen LogP contribution in [0.5, 0.6) is 0 Å². The molecule has 0 aliphatic heterocycles. The van der Waals surface area contributed by atoms with E-state index in [1.807, 2.05) is 13.0 Å². The van der Waals surface area contributed by atoms with Crippen molar-refractivity contribution in [3.63, 3.8) is 0 Å². The second-order valence-electron chi connectivity index (χ2n) is 4.36. The van der Waals surface area contributed by atoms with Gasteiger partial charge in [0, 0.05) is 30.4 Å². The van der Waals surface area contributed by atoms with Crippen LogP contribution in [0.2, 0.25) is 0 Å². The summed E-state index contributed by atoms with van der Waals surface area (Å²) in [6, 6.07) is 10.4. The molecule has 0 saturated carbocycles. The van der Waals surface area contributed by atoms with Crippen LogP contribution >= 0.6 is 0 Å². The molecule has 1 aromatic heterocycles. The molecular formula is C14H19N3. The molecule has 2 aromatic rings. The molecular weight excluding hydrogens is 210 g/mol. The van der Waals surface area contributed by atoms with Gasteiger partial charge in [-0.15, -0.1) is 0 Å². The van der Waals surface area contributed by atoms with Crippen LogP contribution < -0.4 is 10.6 Å². The first-order valence-corrected chi connectivity index (χ1v) is 6.00. The Bertz CT molecular complexity index is 508. The average Bonchev–Trinajstić information content (AvgIpc) is 2.34. The highest BCUT2D eigenvalue weighted by Gasteiger charge is 2.07. The predicted octanol–water partition coefficient (Wildman–Crippen LogP) is 2.33. The van der Waals surface area contributed by atoms with Gasteiger partial charge in [-0.05, 0) is 32.0 Å². The molecule has 0 saturated heterocycles. The lowest BCUT2D eigenvalue weighted by atomic mass is 10.1. The predicted molar refractivity (Wildman–Crippen MR) is 73.4 cm³/mol. The molecule has 3 heteroatoms. The number of para-hydroxylation sites is 1. The quantitative estimate of drug-likeness (QED) is 0.875. The monoisotopic (exact) mass is 229 g/mol. The van der Waals surface area contributed by atoms with Gasteiger partial charge in [0.05, 0.1) is 5.52 Å². The number of nitrogens with zero attached hydrogens (tertiary/aromatic N) is 2. The highest BCUT2D eigenvalue weighted by Crippen LogP contribution is 2.25. The molecule has 1 aromatic carbocycles. The van der Waals surface area contributed by atoms with Gasteiger partial charge in [0.2, 0.25) is 0 Å². The minimum atomic E-state index is 0.729. The van der Waals surface area contributed by atoms with Gasteiger partial charge >= 0.3 is 0 Å². The van der Waals surface area contributed by atoms with Crippen LogP contribution in [0.1, 0.15) is 12.1 Å². The zero-order valence-electron chi connectivity index (χ0n) is 10.5. The number of rotatable bonds is 4. The fourth-order valence-electron chi connectivity index (χ4n) is 2.05. The Hall–Kier alpha value is -1.61. The van der Waals surface area contributed by atoms with Crippen molar-refractivity contribution >= 4 is 16.6 Å². The van der Waals surface area contributed by atoms with Gasteiger partial charge in [-0.1, -0.05) is 18.2 Å². The van der Waals surface area contributed by atoms with E-state index in [2.05, 4.69) is 41.2 Å². The first kappa shape index (κ1) is 11.9. The van der Waals surface area contributed by atoms with E-state index >= 15 is 0 Å². The molecule has 0 unspecified atom stereocenters. The van der Waals surface area contributed by atoms with Crippen molar-refractivity contribution in [2.24, 2.45) is 5.73 Å². The fraction of sp³-hybridized carbons (Fsp3) is 0.357. The zero-order valence-corrected chi connectivity index (χ0v) is 10.5. The lowest BCUT2D eigenvalue weighted by Gasteiger charge is -2.21. The summed E-state index contributed by atoms with van der Waals surface area (Å²) in [5.74, 6) is 0. The fourth-order valence-corrected chi connectivity index (χ4v) is 2.05. The Morgan fingerprint density at radius 3 is 2.82 bits per heavy atom. The maximum atomic E-state index is 5.56. The third-order valence-electron chi connectivity index (χ3n) is 2.93. The third-order valence-corrected chi connectivity index (χ3v) is 2.93. The van der Waals surface area contributed by atoms with E-state index in [0.717, 1.165) is 30.7 Å². The van der Waals surface area contributed by atoms with Crippen LogP contribution in [0.4, 0.5) is 5.69 Å². The van der Waals surface area contributed by atoms with Gasteiger partial charge in [-0.2, -0.15) is 0 Å². The Kier molecular flexibility index (Phi) is 3.59. The average molecular weight is 229 g/mol. The van der Waals surface area contributed by atoms with Crippen LogP contribution in [-0.4, -0.2) is 25.1 Å². The molecule has 0 bridgehead atoms. The first-order chi connectivity index (χ1) is 8.22. The number of nitrogens with two attached hydrogens (primary N) is 1. The molecule has 0 atom stereocenters. The second kappa shape index (κ2) is 5.15. The summed E-state index contributed by atoms with van der Waals surface area (Å²) in [4.78, 5) is 6.80. The van der Waals surface area contributed by atoms with Gasteiger partial charge in [-0.25, -0.2) is 0 Å². The van der Waals surface area contributed by atoms with Crippen molar-refractivity contribution < 1.29 is 0 Å². The van der Waals surface area contributed by atoms with Crippen LogP contribution in [0.15, 0.2) is 30.3 Å². The summed E-state index contributed by atoms with van der Waals surface area (Å²) in [5, 5.41) is 1.21. The minimum absolute atomic E-state index is 0.729. The molecule has 0 aliphatic carbocycles. The van der Waals surface area contributed by atoms with Crippen molar-refractivity contribution in [2.45, 2.75) is 13.3 Å². The first-order valence-electron chi connectivity index (χ1n) is 6.00. The molecule has 17 heavy (non-hydrogen) atoms. The van der Waals surface area contributed by atoms with E-state index < -0.39 is 0 Å². The topological polar surface area (TPSA) is 42.1 Å². The summed E-state index contributed by atoms with van der Waals surface area (Å²) < 4.78 is 0. The highest BCUT2D eigenvalue weighted by atomic mass is 15.1. The number of pyridine rings is 1.